The summed E-state index contributed by atoms with van der Waals surface area (Å²) in [5.74, 6) is -1.28. The fraction of sp³-hybridized carbons (Fsp3) is 0. The number of nitrogens with zero attached hydrogens (tertiary/aromatic N) is 1. The SMILES string of the molecule is O=C(O)c1cc([B]O)cc([N+](=O)[O-])c1. The van der Waals surface area contributed by atoms with Crippen LogP contribution in [0.4, 0.5) is 5.69 Å². The lowest BCUT2D eigenvalue weighted by Crippen LogP contribution is -2.16. The molecule has 1 radical (unpaired) electrons. The van der Waals surface area contributed by atoms with Crippen molar-refractivity contribution in [3.05, 3.63) is 33.9 Å². The summed E-state index contributed by atoms with van der Waals surface area (Å²) in [6, 6.07) is 3.14. The van der Waals surface area contributed by atoms with Crippen molar-refractivity contribution < 1.29 is 19.8 Å². The molecular formula is C7H5BNO5. The summed E-state index contributed by atoms with van der Waals surface area (Å²) in [6.45, 7) is 0. The van der Waals surface area contributed by atoms with Gasteiger partial charge in [-0.3, -0.25) is 10.1 Å². The zero-order valence-electron chi connectivity index (χ0n) is 6.88. The van der Waals surface area contributed by atoms with E-state index < -0.39 is 10.9 Å². The van der Waals surface area contributed by atoms with Crippen LogP contribution >= 0.6 is 0 Å². The molecule has 0 saturated carbocycles. The van der Waals surface area contributed by atoms with E-state index in [0.29, 0.717) is 7.48 Å². The number of benzene rings is 1. The van der Waals surface area contributed by atoms with Crippen LogP contribution in [0.15, 0.2) is 18.2 Å². The average molecular weight is 194 g/mol. The maximum Gasteiger partial charge on any atom is 0.335 e. The van der Waals surface area contributed by atoms with E-state index in [2.05, 4.69) is 0 Å². The molecule has 0 spiro atoms. The van der Waals surface area contributed by atoms with Crippen LogP contribution in [0.25, 0.3) is 0 Å². The van der Waals surface area contributed by atoms with Gasteiger partial charge in [-0.1, -0.05) is 6.07 Å². The van der Waals surface area contributed by atoms with Crippen molar-refractivity contribution in [2.75, 3.05) is 0 Å². The third kappa shape index (κ3) is 2.08. The van der Waals surface area contributed by atoms with Gasteiger partial charge in [-0.15, -0.1) is 0 Å². The van der Waals surface area contributed by atoms with Crippen LogP contribution in [-0.4, -0.2) is 28.5 Å². The van der Waals surface area contributed by atoms with Crippen LogP contribution in [0.1, 0.15) is 10.4 Å². The summed E-state index contributed by atoms with van der Waals surface area (Å²) in [4.78, 5) is 20.2. The molecule has 1 aromatic rings. The molecular weight excluding hydrogens is 189 g/mol. The molecule has 1 rings (SSSR count). The molecule has 14 heavy (non-hydrogen) atoms. The summed E-state index contributed by atoms with van der Waals surface area (Å²) in [6.07, 6.45) is 0. The summed E-state index contributed by atoms with van der Waals surface area (Å²) in [7, 11) is 0.611. The summed E-state index contributed by atoms with van der Waals surface area (Å²) in [5, 5.41) is 27.6. The molecule has 0 heterocycles. The minimum Gasteiger partial charge on any atom is -0.478 e. The third-order valence-electron chi connectivity index (χ3n) is 1.55. The van der Waals surface area contributed by atoms with Crippen molar-refractivity contribution in [1.82, 2.24) is 0 Å². The Bertz CT molecular complexity index is 359. The number of nitro groups is 1. The van der Waals surface area contributed by atoms with E-state index in [-0.39, 0.29) is 16.7 Å². The van der Waals surface area contributed by atoms with E-state index in [1.807, 2.05) is 0 Å². The number of hydrogen-bond donors (Lipinski definition) is 2. The minimum atomic E-state index is -1.28. The van der Waals surface area contributed by atoms with Gasteiger partial charge in [-0.25, -0.2) is 4.79 Å². The van der Waals surface area contributed by atoms with Crippen molar-refractivity contribution in [2.24, 2.45) is 0 Å². The Morgan fingerprint density at radius 3 is 2.50 bits per heavy atom. The highest BCUT2D eigenvalue weighted by atomic mass is 16.6. The highest BCUT2D eigenvalue weighted by Gasteiger charge is 2.13. The Morgan fingerprint density at radius 2 is 2.07 bits per heavy atom. The second-order valence-electron chi connectivity index (χ2n) is 2.50. The van der Waals surface area contributed by atoms with E-state index in [4.69, 9.17) is 10.1 Å². The lowest BCUT2D eigenvalue weighted by Gasteiger charge is -1.98. The summed E-state index contributed by atoms with van der Waals surface area (Å²) >= 11 is 0. The fourth-order valence-corrected chi connectivity index (χ4v) is 0.938. The van der Waals surface area contributed by atoms with Gasteiger partial charge in [0.2, 0.25) is 0 Å². The van der Waals surface area contributed by atoms with Crippen molar-refractivity contribution in [1.29, 1.82) is 0 Å². The Labute approximate surface area is 79.2 Å². The monoisotopic (exact) mass is 194 g/mol. The second kappa shape index (κ2) is 3.88. The van der Waals surface area contributed by atoms with E-state index in [0.717, 1.165) is 18.2 Å². The van der Waals surface area contributed by atoms with Crippen molar-refractivity contribution >= 4 is 24.6 Å². The first-order chi connectivity index (χ1) is 6.54. The predicted octanol–water partition coefficient (Wildman–Crippen LogP) is -0.470. The highest BCUT2D eigenvalue weighted by Crippen LogP contribution is 2.11. The van der Waals surface area contributed by atoms with Gasteiger partial charge in [0.1, 0.15) is 0 Å². The lowest BCUT2D eigenvalue weighted by atomic mass is 9.87. The van der Waals surface area contributed by atoms with E-state index in [1.54, 1.807) is 0 Å². The van der Waals surface area contributed by atoms with Crippen LogP contribution in [0.5, 0.6) is 0 Å². The minimum absolute atomic E-state index is 0.0802. The molecule has 7 heteroatoms. The summed E-state index contributed by atoms with van der Waals surface area (Å²) in [5.41, 5.74) is -0.527. The first kappa shape index (κ1) is 10.2. The Hall–Kier alpha value is -1.89. The predicted molar refractivity (Wildman–Crippen MR) is 47.7 cm³/mol. The molecule has 0 aliphatic carbocycles. The van der Waals surface area contributed by atoms with Crippen LogP contribution in [0.2, 0.25) is 0 Å². The average Bonchev–Trinajstić information content (AvgIpc) is 2.16. The van der Waals surface area contributed by atoms with Crippen LogP contribution in [0.3, 0.4) is 0 Å². The van der Waals surface area contributed by atoms with Gasteiger partial charge in [0.05, 0.1) is 10.5 Å². The number of rotatable bonds is 3. The fourth-order valence-electron chi connectivity index (χ4n) is 0.938. The topological polar surface area (TPSA) is 101 Å². The van der Waals surface area contributed by atoms with Crippen LogP contribution < -0.4 is 5.46 Å². The van der Waals surface area contributed by atoms with Gasteiger partial charge in [-0.05, 0) is 5.46 Å². The van der Waals surface area contributed by atoms with Gasteiger partial charge in [0.25, 0.3) is 5.69 Å². The molecule has 0 atom stereocenters. The molecule has 0 saturated heterocycles. The van der Waals surface area contributed by atoms with Crippen molar-refractivity contribution in [3.8, 4) is 0 Å². The smallest absolute Gasteiger partial charge is 0.335 e. The van der Waals surface area contributed by atoms with Gasteiger partial charge >= 0.3 is 13.5 Å². The number of nitro benzene ring substituents is 1. The largest absolute Gasteiger partial charge is 0.478 e. The number of carboxylic acid groups (broad SMARTS) is 1. The number of carbonyl (C=O) groups is 1. The molecule has 71 valence electrons. The van der Waals surface area contributed by atoms with E-state index in [1.165, 1.54) is 0 Å². The Kier molecular flexibility index (Phi) is 2.83. The number of aromatic carboxylic acids is 1. The maximum atomic E-state index is 10.5. The maximum absolute atomic E-state index is 10.5. The molecule has 2 N–H and O–H groups in total. The molecule has 0 unspecified atom stereocenters. The molecule has 0 fully saturated rings. The van der Waals surface area contributed by atoms with Gasteiger partial charge < -0.3 is 10.1 Å². The second-order valence-corrected chi connectivity index (χ2v) is 2.50. The standard InChI is InChI=1S/C7H5BNO5/c10-7(11)4-1-5(8-12)3-6(2-4)9(13)14/h1-3,12H,(H,10,11). The molecule has 0 aliphatic rings. The quantitative estimate of drug-likeness (QED) is 0.384. The van der Waals surface area contributed by atoms with Crippen molar-refractivity contribution in [2.45, 2.75) is 0 Å². The number of carboxylic acids is 1. The number of hydrogen-bond acceptors (Lipinski definition) is 4. The van der Waals surface area contributed by atoms with Gasteiger partial charge in [-0.2, -0.15) is 0 Å². The Balaban J connectivity index is 3.27. The lowest BCUT2D eigenvalue weighted by molar-refractivity contribution is -0.384. The van der Waals surface area contributed by atoms with E-state index >= 15 is 0 Å². The van der Waals surface area contributed by atoms with Crippen LogP contribution in [0, 0.1) is 10.1 Å². The molecule has 0 amide bonds. The highest BCUT2D eigenvalue weighted by molar-refractivity contribution is 6.45. The van der Waals surface area contributed by atoms with Gasteiger partial charge in [0, 0.05) is 12.1 Å². The molecule has 0 aromatic heterocycles. The number of non-ortho nitro benzene ring substituents is 1. The molecule has 0 bridgehead atoms. The molecule has 1 aromatic carbocycles. The van der Waals surface area contributed by atoms with Gasteiger partial charge in [0.15, 0.2) is 0 Å². The van der Waals surface area contributed by atoms with Crippen LogP contribution in [-0.2, 0) is 0 Å². The van der Waals surface area contributed by atoms with Crippen molar-refractivity contribution in [3.63, 3.8) is 0 Å². The zero-order valence-corrected chi connectivity index (χ0v) is 6.88. The zero-order chi connectivity index (χ0) is 10.7. The van der Waals surface area contributed by atoms with E-state index in [9.17, 15) is 14.9 Å². The summed E-state index contributed by atoms with van der Waals surface area (Å²) < 4.78 is 0. The normalized spacial score (nSPS) is 9.50. The third-order valence-corrected chi connectivity index (χ3v) is 1.55. The molecule has 0 aliphatic heterocycles. The molecule has 6 nitrogen and oxygen atoms in total. The first-order valence-corrected chi connectivity index (χ1v) is 3.55. The Morgan fingerprint density at radius 1 is 1.43 bits per heavy atom. The first-order valence-electron chi connectivity index (χ1n) is 3.55.